The summed E-state index contributed by atoms with van der Waals surface area (Å²) in [7, 11) is 1.71. The molecule has 0 heterocycles. The predicted octanol–water partition coefficient (Wildman–Crippen LogP) is 2.16. The van der Waals surface area contributed by atoms with Crippen LogP contribution in [-0.4, -0.2) is 25.8 Å². The maximum absolute atomic E-state index is 5.86. The van der Waals surface area contributed by atoms with Crippen LogP contribution in [0.1, 0.15) is 18.9 Å². The molecule has 0 fully saturated rings. The van der Waals surface area contributed by atoms with Crippen molar-refractivity contribution < 1.29 is 4.74 Å². The molecule has 16 heavy (non-hydrogen) atoms. The van der Waals surface area contributed by atoms with Gasteiger partial charge in [0.1, 0.15) is 0 Å². The molecule has 3 heteroatoms. The Morgan fingerprint density at radius 3 is 2.56 bits per heavy atom. The number of rotatable bonds is 6. The van der Waals surface area contributed by atoms with E-state index < -0.39 is 0 Å². The van der Waals surface area contributed by atoms with E-state index in [1.54, 1.807) is 7.11 Å². The van der Waals surface area contributed by atoms with Crippen LogP contribution in [0, 0.1) is 6.92 Å². The van der Waals surface area contributed by atoms with E-state index in [-0.39, 0.29) is 5.54 Å². The molecule has 0 bridgehead atoms. The average Bonchev–Trinajstić information content (AvgIpc) is 2.31. The van der Waals surface area contributed by atoms with Gasteiger partial charge in [-0.05, 0) is 25.0 Å². The zero-order valence-electron chi connectivity index (χ0n) is 10.4. The predicted molar refractivity (Wildman–Crippen MR) is 68.8 cm³/mol. The first-order valence-electron chi connectivity index (χ1n) is 5.70. The Kier molecular flexibility index (Phi) is 4.77. The minimum atomic E-state index is -0.166. The van der Waals surface area contributed by atoms with Gasteiger partial charge in [0.15, 0.2) is 0 Å². The summed E-state index contributed by atoms with van der Waals surface area (Å²) in [5.41, 5.74) is 8.05. The minimum Gasteiger partial charge on any atom is -0.382 e. The number of methoxy groups -OCH3 is 1. The van der Waals surface area contributed by atoms with E-state index in [0.29, 0.717) is 13.2 Å². The second-order valence-corrected chi connectivity index (χ2v) is 4.21. The standard InChI is InChI=1S/C13H22N2O/c1-4-13(9-14,10-16-3)15-12-8-6-5-7-11(12)2/h5-8,15H,4,9-10,14H2,1-3H3. The highest BCUT2D eigenvalue weighted by molar-refractivity contribution is 5.52. The quantitative estimate of drug-likeness (QED) is 0.775. The normalized spacial score (nSPS) is 14.5. The van der Waals surface area contributed by atoms with E-state index in [4.69, 9.17) is 10.5 Å². The third-order valence-corrected chi connectivity index (χ3v) is 3.03. The van der Waals surface area contributed by atoms with Gasteiger partial charge in [-0.2, -0.15) is 0 Å². The molecule has 0 radical (unpaired) electrons. The van der Waals surface area contributed by atoms with Crippen LogP contribution in [-0.2, 0) is 4.74 Å². The topological polar surface area (TPSA) is 47.3 Å². The first-order valence-corrected chi connectivity index (χ1v) is 5.70. The van der Waals surface area contributed by atoms with E-state index in [2.05, 4.69) is 31.3 Å². The Morgan fingerprint density at radius 1 is 1.38 bits per heavy atom. The molecule has 0 aromatic heterocycles. The first-order chi connectivity index (χ1) is 7.67. The molecule has 1 atom stereocenters. The van der Waals surface area contributed by atoms with Crippen LogP contribution in [0.15, 0.2) is 24.3 Å². The van der Waals surface area contributed by atoms with Crippen molar-refractivity contribution in [1.29, 1.82) is 0 Å². The minimum absolute atomic E-state index is 0.166. The van der Waals surface area contributed by atoms with Crippen LogP contribution in [0.25, 0.3) is 0 Å². The second kappa shape index (κ2) is 5.87. The van der Waals surface area contributed by atoms with Gasteiger partial charge in [0, 0.05) is 19.3 Å². The van der Waals surface area contributed by atoms with Crippen molar-refractivity contribution in [2.75, 3.05) is 25.6 Å². The van der Waals surface area contributed by atoms with E-state index in [0.717, 1.165) is 12.1 Å². The lowest BCUT2D eigenvalue weighted by Gasteiger charge is -2.33. The SMILES string of the molecule is CCC(CN)(COC)Nc1ccccc1C. The van der Waals surface area contributed by atoms with Gasteiger partial charge in [0.2, 0.25) is 0 Å². The van der Waals surface area contributed by atoms with Gasteiger partial charge in [-0.25, -0.2) is 0 Å². The van der Waals surface area contributed by atoms with Gasteiger partial charge in [-0.3, -0.25) is 0 Å². The number of nitrogens with one attached hydrogen (secondary N) is 1. The molecule has 1 aromatic carbocycles. The number of hydrogen-bond donors (Lipinski definition) is 2. The molecule has 1 rings (SSSR count). The number of hydrogen-bond acceptors (Lipinski definition) is 3. The Labute approximate surface area is 98.0 Å². The van der Waals surface area contributed by atoms with Crippen molar-refractivity contribution in [1.82, 2.24) is 0 Å². The first kappa shape index (κ1) is 13.0. The molecule has 1 aromatic rings. The Balaban J connectivity index is 2.87. The highest BCUT2D eigenvalue weighted by Gasteiger charge is 2.26. The molecule has 3 N–H and O–H groups in total. The lowest BCUT2D eigenvalue weighted by Crippen LogP contribution is -2.49. The molecule has 0 aliphatic heterocycles. The van der Waals surface area contributed by atoms with Gasteiger partial charge in [-0.15, -0.1) is 0 Å². The summed E-state index contributed by atoms with van der Waals surface area (Å²) < 4.78 is 5.26. The highest BCUT2D eigenvalue weighted by atomic mass is 16.5. The molecule has 1 unspecified atom stereocenters. The van der Waals surface area contributed by atoms with Gasteiger partial charge in [-0.1, -0.05) is 25.1 Å². The molecule has 0 aliphatic carbocycles. The van der Waals surface area contributed by atoms with Gasteiger partial charge in [0.25, 0.3) is 0 Å². The molecule has 0 aliphatic rings. The van der Waals surface area contributed by atoms with Crippen LogP contribution in [0.4, 0.5) is 5.69 Å². The summed E-state index contributed by atoms with van der Waals surface area (Å²) in [6, 6.07) is 8.23. The maximum atomic E-state index is 5.86. The van der Waals surface area contributed by atoms with Crippen molar-refractivity contribution in [2.45, 2.75) is 25.8 Å². The van der Waals surface area contributed by atoms with Crippen molar-refractivity contribution in [2.24, 2.45) is 5.73 Å². The maximum Gasteiger partial charge on any atom is 0.0725 e. The summed E-state index contributed by atoms with van der Waals surface area (Å²) in [5.74, 6) is 0. The monoisotopic (exact) mass is 222 g/mol. The molecule has 0 saturated carbocycles. The van der Waals surface area contributed by atoms with Crippen LogP contribution in [0.3, 0.4) is 0 Å². The fourth-order valence-corrected chi connectivity index (χ4v) is 1.76. The van der Waals surface area contributed by atoms with Gasteiger partial charge >= 0.3 is 0 Å². The van der Waals surface area contributed by atoms with E-state index in [1.807, 2.05) is 12.1 Å². The van der Waals surface area contributed by atoms with Gasteiger partial charge in [0.05, 0.1) is 12.1 Å². The molecular formula is C13H22N2O. The van der Waals surface area contributed by atoms with Crippen molar-refractivity contribution in [3.05, 3.63) is 29.8 Å². The molecular weight excluding hydrogens is 200 g/mol. The summed E-state index contributed by atoms with van der Waals surface area (Å²) in [6.07, 6.45) is 0.936. The summed E-state index contributed by atoms with van der Waals surface area (Å²) in [6.45, 7) is 5.39. The lowest BCUT2D eigenvalue weighted by molar-refractivity contribution is 0.143. The Bertz CT molecular complexity index is 321. The fraction of sp³-hybridized carbons (Fsp3) is 0.538. The zero-order valence-corrected chi connectivity index (χ0v) is 10.4. The highest BCUT2D eigenvalue weighted by Crippen LogP contribution is 2.21. The second-order valence-electron chi connectivity index (χ2n) is 4.21. The number of para-hydroxylation sites is 1. The fourth-order valence-electron chi connectivity index (χ4n) is 1.76. The third-order valence-electron chi connectivity index (χ3n) is 3.03. The Morgan fingerprint density at radius 2 is 2.06 bits per heavy atom. The van der Waals surface area contributed by atoms with Crippen molar-refractivity contribution >= 4 is 5.69 Å². The van der Waals surface area contributed by atoms with Crippen LogP contribution < -0.4 is 11.1 Å². The smallest absolute Gasteiger partial charge is 0.0725 e. The number of nitrogens with two attached hydrogens (primary N) is 1. The average molecular weight is 222 g/mol. The molecule has 90 valence electrons. The molecule has 0 saturated heterocycles. The lowest BCUT2D eigenvalue weighted by atomic mass is 9.96. The molecule has 0 spiro atoms. The number of ether oxygens (including phenoxy) is 1. The van der Waals surface area contributed by atoms with Crippen LogP contribution >= 0.6 is 0 Å². The van der Waals surface area contributed by atoms with Crippen molar-refractivity contribution in [3.63, 3.8) is 0 Å². The van der Waals surface area contributed by atoms with E-state index in [1.165, 1.54) is 5.56 Å². The van der Waals surface area contributed by atoms with E-state index >= 15 is 0 Å². The third kappa shape index (κ3) is 2.97. The number of anilines is 1. The van der Waals surface area contributed by atoms with Crippen LogP contribution in [0.2, 0.25) is 0 Å². The number of benzene rings is 1. The summed E-state index contributed by atoms with van der Waals surface area (Å²) >= 11 is 0. The number of aryl methyl sites for hydroxylation is 1. The summed E-state index contributed by atoms with van der Waals surface area (Å²) in [5, 5.41) is 3.51. The molecule has 3 nitrogen and oxygen atoms in total. The van der Waals surface area contributed by atoms with Gasteiger partial charge < -0.3 is 15.8 Å². The largest absolute Gasteiger partial charge is 0.382 e. The molecule has 0 amide bonds. The van der Waals surface area contributed by atoms with E-state index in [9.17, 15) is 0 Å². The van der Waals surface area contributed by atoms with Crippen molar-refractivity contribution in [3.8, 4) is 0 Å². The van der Waals surface area contributed by atoms with Crippen LogP contribution in [0.5, 0.6) is 0 Å². The summed E-state index contributed by atoms with van der Waals surface area (Å²) in [4.78, 5) is 0. The zero-order chi connectivity index (χ0) is 12.0. The Hall–Kier alpha value is -1.06.